The Morgan fingerprint density at radius 3 is 2.40 bits per heavy atom. The highest BCUT2D eigenvalue weighted by molar-refractivity contribution is 5.41. The summed E-state index contributed by atoms with van der Waals surface area (Å²) in [6.07, 6.45) is 0. The Hall–Kier alpha value is -1.45. The quantitative estimate of drug-likeness (QED) is 0.503. The molecule has 0 amide bonds. The predicted molar refractivity (Wildman–Crippen MR) is 35.8 cm³/mol. The first-order valence-electron chi connectivity index (χ1n) is 2.67. The molecule has 0 aliphatic heterocycles. The number of halogens is 1. The number of nitrogens with one attached hydrogen (secondary N) is 1. The van der Waals surface area contributed by atoms with Gasteiger partial charge in [-0.25, -0.2) is 9.82 Å². The molecular formula is C6H5FN2O. The Bertz CT molecular complexity index is 222. The highest BCUT2D eigenvalue weighted by Crippen LogP contribution is 2.07. The fourth-order valence-electron chi connectivity index (χ4n) is 0.577. The molecule has 0 heterocycles. The molecule has 0 aliphatic rings. The maximum Gasteiger partial charge on any atom is 0.123 e. The molecule has 3 nitrogen and oxygen atoms in total. The predicted octanol–water partition coefficient (Wildman–Crippen LogP) is 1.92. The minimum Gasteiger partial charge on any atom is -0.242 e. The molecule has 0 saturated carbocycles. The molecule has 10 heavy (non-hydrogen) atoms. The van der Waals surface area contributed by atoms with Crippen LogP contribution >= 0.6 is 0 Å². The summed E-state index contributed by atoms with van der Waals surface area (Å²) in [4.78, 5) is 9.60. The minimum absolute atomic E-state index is 0.337. The van der Waals surface area contributed by atoms with E-state index in [-0.39, 0.29) is 5.82 Å². The molecule has 0 aliphatic carbocycles. The third-order valence-corrected chi connectivity index (χ3v) is 1.02. The van der Waals surface area contributed by atoms with Gasteiger partial charge in [0, 0.05) is 0 Å². The van der Waals surface area contributed by atoms with Crippen LogP contribution in [0, 0.1) is 10.7 Å². The lowest BCUT2D eigenvalue weighted by Gasteiger charge is -1.93. The monoisotopic (exact) mass is 140 g/mol. The molecule has 0 spiro atoms. The molecule has 4 heteroatoms. The summed E-state index contributed by atoms with van der Waals surface area (Å²) >= 11 is 0. The zero-order valence-electron chi connectivity index (χ0n) is 5.04. The van der Waals surface area contributed by atoms with Gasteiger partial charge in [-0.05, 0) is 24.3 Å². The number of nitroso groups, excluding NO2 is 1. The van der Waals surface area contributed by atoms with Crippen LogP contribution in [0.15, 0.2) is 29.6 Å². The third-order valence-electron chi connectivity index (χ3n) is 1.02. The van der Waals surface area contributed by atoms with Crippen molar-refractivity contribution in [3.63, 3.8) is 0 Å². The molecule has 1 aromatic carbocycles. The average molecular weight is 140 g/mol. The average Bonchev–Trinajstić information content (AvgIpc) is 1.95. The molecule has 0 bridgehead atoms. The van der Waals surface area contributed by atoms with Gasteiger partial charge in [-0.15, -0.1) is 4.91 Å². The van der Waals surface area contributed by atoms with Gasteiger partial charge in [0.05, 0.1) is 11.0 Å². The summed E-state index contributed by atoms with van der Waals surface area (Å²) in [6, 6.07) is 5.34. The van der Waals surface area contributed by atoms with Crippen LogP contribution in [0.5, 0.6) is 0 Å². The fourth-order valence-corrected chi connectivity index (χ4v) is 0.577. The van der Waals surface area contributed by atoms with Crippen LogP contribution in [0.4, 0.5) is 10.1 Å². The third kappa shape index (κ3) is 1.51. The number of nitrogens with zero attached hydrogens (tertiary/aromatic N) is 1. The van der Waals surface area contributed by atoms with Gasteiger partial charge in [0.2, 0.25) is 0 Å². The van der Waals surface area contributed by atoms with E-state index in [1.807, 2.05) is 0 Å². The second kappa shape index (κ2) is 2.91. The van der Waals surface area contributed by atoms with Crippen molar-refractivity contribution in [3.8, 4) is 0 Å². The molecule has 52 valence electrons. The van der Waals surface area contributed by atoms with Crippen LogP contribution in [0.2, 0.25) is 0 Å². The number of anilines is 1. The van der Waals surface area contributed by atoms with Crippen LogP contribution in [-0.4, -0.2) is 0 Å². The summed E-state index contributed by atoms with van der Waals surface area (Å²) in [5, 5.41) is 2.41. The Morgan fingerprint density at radius 1 is 1.30 bits per heavy atom. The largest absolute Gasteiger partial charge is 0.242 e. The van der Waals surface area contributed by atoms with Crippen molar-refractivity contribution < 1.29 is 4.39 Å². The van der Waals surface area contributed by atoms with Gasteiger partial charge in [0.15, 0.2) is 0 Å². The van der Waals surface area contributed by atoms with Gasteiger partial charge >= 0.3 is 0 Å². The number of benzene rings is 1. The van der Waals surface area contributed by atoms with Crippen molar-refractivity contribution in [2.24, 2.45) is 5.29 Å². The Kier molecular flexibility index (Phi) is 1.94. The summed E-state index contributed by atoms with van der Waals surface area (Å²) in [7, 11) is 0. The van der Waals surface area contributed by atoms with Crippen molar-refractivity contribution in [3.05, 3.63) is 35.0 Å². The van der Waals surface area contributed by atoms with Gasteiger partial charge in [-0.3, -0.25) is 0 Å². The Labute approximate surface area is 56.8 Å². The van der Waals surface area contributed by atoms with E-state index >= 15 is 0 Å². The molecule has 0 aromatic heterocycles. The van der Waals surface area contributed by atoms with Gasteiger partial charge in [0.25, 0.3) is 0 Å². The fraction of sp³-hybridized carbons (Fsp3) is 0. The Balaban J connectivity index is 2.78. The van der Waals surface area contributed by atoms with E-state index in [9.17, 15) is 9.30 Å². The van der Waals surface area contributed by atoms with E-state index in [1.54, 1.807) is 0 Å². The normalized spacial score (nSPS) is 8.90. The zero-order chi connectivity index (χ0) is 7.40. The minimum atomic E-state index is -0.337. The summed E-state index contributed by atoms with van der Waals surface area (Å²) in [5.74, 6) is -0.337. The van der Waals surface area contributed by atoms with Crippen molar-refractivity contribution in [1.29, 1.82) is 0 Å². The molecule has 1 rings (SSSR count). The lowest BCUT2D eigenvalue weighted by Crippen LogP contribution is -1.84. The molecular weight excluding hydrogens is 135 g/mol. The summed E-state index contributed by atoms with van der Waals surface area (Å²) in [5.41, 5.74) is 2.62. The van der Waals surface area contributed by atoms with Crippen molar-refractivity contribution in [2.75, 3.05) is 5.43 Å². The maximum atomic E-state index is 12.2. The maximum absolute atomic E-state index is 12.2. The molecule has 0 radical (unpaired) electrons. The first-order chi connectivity index (χ1) is 4.83. The molecule has 1 N–H and O–H groups in total. The smallest absolute Gasteiger partial charge is 0.123 e. The van der Waals surface area contributed by atoms with Crippen LogP contribution in [0.25, 0.3) is 0 Å². The highest BCUT2D eigenvalue weighted by atomic mass is 19.1. The van der Waals surface area contributed by atoms with E-state index in [0.29, 0.717) is 5.69 Å². The number of hydrogen-bond donors (Lipinski definition) is 1. The highest BCUT2D eigenvalue weighted by Gasteiger charge is 1.89. The first-order valence-corrected chi connectivity index (χ1v) is 2.67. The molecule has 0 atom stereocenters. The Morgan fingerprint density at radius 2 is 1.90 bits per heavy atom. The van der Waals surface area contributed by atoms with Crippen LogP contribution in [0.3, 0.4) is 0 Å². The summed E-state index contributed by atoms with van der Waals surface area (Å²) < 4.78 is 12.2. The molecule has 0 unspecified atom stereocenters. The molecule has 0 saturated heterocycles. The van der Waals surface area contributed by atoms with Gasteiger partial charge < -0.3 is 0 Å². The van der Waals surface area contributed by atoms with Gasteiger partial charge in [0.1, 0.15) is 5.82 Å². The second-order valence-corrected chi connectivity index (χ2v) is 1.71. The van der Waals surface area contributed by atoms with Crippen molar-refractivity contribution >= 4 is 5.69 Å². The van der Waals surface area contributed by atoms with E-state index < -0.39 is 0 Å². The van der Waals surface area contributed by atoms with Gasteiger partial charge in [-0.2, -0.15) is 0 Å². The van der Waals surface area contributed by atoms with E-state index in [4.69, 9.17) is 0 Å². The number of hydrogen-bond acceptors (Lipinski definition) is 2. The molecule has 1 aromatic rings. The van der Waals surface area contributed by atoms with E-state index in [2.05, 4.69) is 10.7 Å². The first kappa shape index (κ1) is 6.67. The SMILES string of the molecule is O=NNc1ccc(F)cc1. The van der Waals surface area contributed by atoms with Crippen LogP contribution < -0.4 is 5.43 Å². The lowest BCUT2D eigenvalue weighted by atomic mass is 10.3. The number of rotatable bonds is 2. The standard InChI is InChI=1S/C6H5FN2O/c7-5-1-3-6(4-2-5)8-9-10/h1-4H,(H,8,10). The second-order valence-electron chi connectivity index (χ2n) is 1.71. The zero-order valence-corrected chi connectivity index (χ0v) is 5.04. The lowest BCUT2D eigenvalue weighted by molar-refractivity contribution is 0.628. The van der Waals surface area contributed by atoms with E-state index in [0.717, 1.165) is 0 Å². The van der Waals surface area contributed by atoms with Crippen LogP contribution in [0.1, 0.15) is 0 Å². The van der Waals surface area contributed by atoms with Crippen LogP contribution in [-0.2, 0) is 0 Å². The van der Waals surface area contributed by atoms with Crippen molar-refractivity contribution in [1.82, 2.24) is 0 Å². The van der Waals surface area contributed by atoms with Gasteiger partial charge in [-0.1, -0.05) is 0 Å². The molecule has 0 fully saturated rings. The van der Waals surface area contributed by atoms with Crippen molar-refractivity contribution in [2.45, 2.75) is 0 Å². The van der Waals surface area contributed by atoms with E-state index in [1.165, 1.54) is 24.3 Å². The summed E-state index contributed by atoms with van der Waals surface area (Å²) in [6.45, 7) is 0. The topological polar surface area (TPSA) is 41.5 Å².